The van der Waals surface area contributed by atoms with Crippen molar-refractivity contribution < 1.29 is 14.3 Å². The van der Waals surface area contributed by atoms with Gasteiger partial charge in [0, 0.05) is 35.3 Å². The van der Waals surface area contributed by atoms with Crippen LogP contribution in [0.5, 0.6) is 5.75 Å². The van der Waals surface area contributed by atoms with Crippen LogP contribution in [0, 0.1) is 0 Å². The summed E-state index contributed by atoms with van der Waals surface area (Å²) < 4.78 is 14.4. The summed E-state index contributed by atoms with van der Waals surface area (Å²) in [5, 5.41) is 12.7. The van der Waals surface area contributed by atoms with Crippen molar-refractivity contribution in [2.24, 2.45) is 0 Å². The highest BCUT2D eigenvalue weighted by atomic mass is 19.1. The van der Waals surface area contributed by atoms with Gasteiger partial charge in [-0.3, -0.25) is 9.18 Å². The Kier molecular flexibility index (Phi) is 5.11. The maximum absolute atomic E-state index is 13.4. The summed E-state index contributed by atoms with van der Waals surface area (Å²) in [7, 11) is 0. The number of benzene rings is 3. The molecule has 0 aliphatic rings. The van der Waals surface area contributed by atoms with Crippen LogP contribution in [0.25, 0.3) is 21.7 Å². The van der Waals surface area contributed by atoms with Crippen LogP contribution in [0.1, 0.15) is 35.2 Å². The SMILES string of the molecule is O=C(c1cccc2ccccc12)c1cn(CCCCCF)c2cc(O)ccc12. The molecule has 0 aliphatic carbocycles. The smallest absolute Gasteiger partial charge is 0.195 e. The second-order valence-corrected chi connectivity index (χ2v) is 7.04. The number of ketones is 1. The molecular formula is C24H22FNO2. The molecule has 0 atom stereocenters. The first-order valence-corrected chi connectivity index (χ1v) is 9.59. The minimum absolute atomic E-state index is 0.0324. The van der Waals surface area contributed by atoms with Crippen LogP contribution in [0.2, 0.25) is 0 Å². The van der Waals surface area contributed by atoms with Crippen LogP contribution in [0.15, 0.2) is 66.9 Å². The normalized spacial score (nSPS) is 11.3. The van der Waals surface area contributed by atoms with Crippen molar-refractivity contribution in [3.8, 4) is 5.75 Å². The number of nitrogens with zero attached hydrogens (tertiary/aromatic N) is 1. The summed E-state index contributed by atoms with van der Waals surface area (Å²) in [6.07, 6.45) is 4.03. The number of phenolic OH excluding ortho intramolecular Hbond substituents is 1. The number of aromatic hydroxyl groups is 1. The average Bonchev–Trinajstić information content (AvgIpc) is 3.08. The van der Waals surface area contributed by atoms with E-state index < -0.39 is 0 Å². The molecule has 0 radical (unpaired) electrons. The molecule has 3 aromatic carbocycles. The Morgan fingerprint density at radius 3 is 2.57 bits per heavy atom. The second-order valence-electron chi connectivity index (χ2n) is 7.04. The Morgan fingerprint density at radius 2 is 1.71 bits per heavy atom. The molecule has 0 unspecified atom stereocenters. The van der Waals surface area contributed by atoms with Gasteiger partial charge in [-0.1, -0.05) is 42.5 Å². The summed E-state index contributed by atoms with van der Waals surface area (Å²) in [5.74, 6) is 0.134. The zero-order valence-electron chi connectivity index (χ0n) is 15.6. The first kappa shape index (κ1) is 18.2. The molecule has 0 saturated heterocycles. The van der Waals surface area contributed by atoms with E-state index in [1.54, 1.807) is 18.2 Å². The summed E-state index contributed by atoms with van der Waals surface area (Å²) in [6, 6.07) is 18.7. The van der Waals surface area contributed by atoms with Crippen LogP contribution in [-0.2, 0) is 6.54 Å². The zero-order chi connectivity index (χ0) is 19.5. The maximum atomic E-state index is 13.4. The molecule has 0 fully saturated rings. The maximum Gasteiger partial charge on any atom is 0.195 e. The Hall–Kier alpha value is -3.14. The molecule has 0 bridgehead atoms. The van der Waals surface area contributed by atoms with Crippen molar-refractivity contribution in [3.05, 3.63) is 78.0 Å². The standard InChI is InChI=1S/C24H22FNO2/c25-13-4-1-5-14-26-16-22(20-12-11-18(27)15-23(20)26)24(28)21-10-6-8-17-7-2-3-9-19(17)21/h2-3,6-12,15-16,27H,1,4-5,13-14H2. The number of aromatic nitrogens is 1. The first-order valence-electron chi connectivity index (χ1n) is 9.59. The Morgan fingerprint density at radius 1 is 0.893 bits per heavy atom. The molecule has 4 heteroatoms. The predicted octanol–water partition coefficient (Wildman–Crippen LogP) is 5.87. The van der Waals surface area contributed by atoms with Gasteiger partial charge in [0.2, 0.25) is 0 Å². The number of alkyl halides is 1. The van der Waals surface area contributed by atoms with E-state index in [1.807, 2.05) is 53.2 Å². The first-order chi connectivity index (χ1) is 13.7. The van der Waals surface area contributed by atoms with Gasteiger partial charge in [-0.2, -0.15) is 0 Å². The van der Waals surface area contributed by atoms with E-state index in [-0.39, 0.29) is 18.2 Å². The summed E-state index contributed by atoms with van der Waals surface area (Å²) in [5.41, 5.74) is 2.11. The number of aryl methyl sites for hydroxylation is 1. The monoisotopic (exact) mass is 375 g/mol. The van der Waals surface area contributed by atoms with Crippen LogP contribution in [0.3, 0.4) is 0 Å². The molecule has 0 aliphatic heterocycles. The van der Waals surface area contributed by atoms with Crippen LogP contribution < -0.4 is 0 Å². The number of rotatable bonds is 7. The van der Waals surface area contributed by atoms with Crippen LogP contribution >= 0.6 is 0 Å². The Labute approximate surface area is 163 Å². The third kappa shape index (κ3) is 3.38. The van der Waals surface area contributed by atoms with Crippen molar-refractivity contribution in [1.82, 2.24) is 4.57 Å². The van der Waals surface area contributed by atoms with Crippen molar-refractivity contribution >= 4 is 27.5 Å². The molecule has 142 valence electrons. The van der Waals surface area contributed by atoms with E-state index in [0.29, 0.717) is 24.1 Å². The number of halogens is 1. The van der Waals surface area contributed by atoms with E-state index >= 15 is 0 Å². The second kappa shape index (κ2) is 7.85. The molecule has 1 heterocycles. The predicted molar refractivity (Wildman–Crippen MR) is 111 cm³/mol. The van der Waals surface area contributed by atoms with Gasteiger partial charge in [-0.05, 0) is 42.2 Å². The molecule has 3 nitrogen and oxygen atoms in total. The lowest BCUT2D eigenvalue weighted by Gasteiger charge is -2.05. The number of carbonyl (C=O) groups excluding carboxylic acids is 1. The number of carbonyl (C=O) groups is 1. The van der Waals surface area contributed by atoms with E-state index in [4.69, 9.17) is 0 Å². The molecular weight excluding hydrogens is 353 g/mol. The van der Waals surface area contributed by atoms with Crippen LogP contribution in [0.4, 0.5) is 4.39 Å². The fraction of sp³-hybridized carbons (Fsp3) is 0.208. The Bertz CT molecular complexity index is 1140. The average molecular weight is 375 g/mol. The summed E-state index contributed by atoms with van der Waals surface area (Å²) >= 11 is 0. The van der Waals surface area contributed by atoms with Crippen molar-refractivity contribution in [1.29, 1.82) is 0 Å². The van der Waals surface area contributed by atoms with Crippen molar-refractivity contribution in [3.63, 3.8) is 0 Å². The fourth-order valence-corrected chi connectivity index (χ4v) is 3.77. The molecule has 0 amide bonds. The fourth-order valence-electron chi connectivity index (χ4n) is 3.77. The lowest BCUT2D eigenvalue weighted by atomic mass is 9.97. The number of unbranched alkanes of at least 4 members (excludes halogenated alkanes) is 2. The van der Waals surface area contributed by atoms with E-state index in [2.05, 4.69) is 0 Å². The third-order valence-electron chi connectivity index (χ3n) is 5.18. The van der Waals surface area contributed by atoms with E-state index in [9.17, 15) is 14.3 Å². The largest absolute Gasteiger partial charge is 0.508 e. The zero-order valence-corrected chi connectivity index (χ0v) is 15.6. The number of hydrogen-bond acceptors (Lipinski definition) is 2. The number of fused-ring (bicyclic) bond motifs is 2. The van der Waals surface area contributed by atoms with Gasteiger partial charge in [0.25, 0.3) is 0 Å². The minimum Gasteiger partial charge on any atom is -0.508 e. The lowest BCUT2D eigenvalue weighted by molar-refractivity contribution is 0.104. The van der Waals surface area contributed by atoms with Gasteiger partial charge in [0.05, 0.1) is 12.2 Å². The van der Waals surface area contributed by atoms with E-state index in [1.165, 1.54) is 0 Å². The molecule has 1 aromatic heterocycles. The van der Waals surface area contributed by atoms with E-state index in [0.717, 1.165) is 34.5 Å². The van der Waals surface area contributed by atoms with Gasteiger partial charge in [-0.25, -0.2) is 0 Å². The highest BCUT2D eigenvalue weighted by molar-refractivity contribution is 6.21. The molecule has 4 rings (SSSR count). The van der Waals surface area contributed by atoms with Gasteiger partial charge in [0.1, 0.15) is 5.75 Å². The molecule has 28 heavy (non-hydrogen) atoms. The topological polar surface area (TPSA) is 42.2 Å². The number of phenols is 1. The number of hydrogen-bond donors (Lipinski definition) is 1. The van der Waals surface area contributed by atoms with Gasteiger partial charge in [-0.15, -0.1) is 0 Å². The van der Waals surface area contributed by atoms with Crippen molar-refractivity contribution in [2.75, 3.05) is 6.67 Å². The molecule has 0 saturated carbocycles. The molecule has 1 N–H and O–H groups in total. The summed E-state index contributed by atoms with van der Waals surface area (Å²) in [4.78, 5) is 13.4. The third-order valence-corrected chi connectivity index (χ3v) is 5.18. The highest BCUT2D eigenvalue weighted by Gasteiger charge is 2.19. The van der Waals surface area contributed by atoms with Gasteiger partial charge < -0.3 is 9.67 Å². The molecule has 4 aromatic rings. The molecule has 0 spiro atoms. The lowest BCUT2D eigenvalue weighted by Crippen LogP contribution is -2.02. The van der Waals surface area contributed by atoms with Crippen LogP contribution in [-0.4, -0.2) is 22.1 Å². The Balaban J connectivity index is 1.78. The quantitative estimate of drug-likeness (QED) is 0.324. The van der Waals surface area contributed by atoms with Gasteiger partial charge >= 0.3 is 0 Å². The summed E-state index contributed by atoms with van der Waals surface area (Å²) in [6.45, 7) is 0.376. The van der Waals surface area contributed by atoms with Gasteiger partial charge in [0.15, 0.2) is 5.78 Å². The highest BCUT2D eigenvalue weighted by Crippen LogP contribution is 2.29. The minimum atomic E-state index is -0.308. The van der Waals surface area contributed by atoms with Crippen molar-refractivity contribution in [2.45, 2.75) is 25.8 Å².